The Morgan fingerprint density at radius 1 is 1.09 bits per heavy atom. The molecule has 0 aliphatic carbocycles. The second kappa shape index (κ2) is 8.27. The Hall–Kier alpha value is -1.65. The minimum absolute atomic E-state index is 0.550. The molecule has 0 bridgehead atoms. The highest BCUT2D eigenvalue weighted by Crippen LogP contribution is 2.29. The standard InChI is InChI=1S/C19H23NO2S/c1-21-19-11-16(12-20-17-9-10-23-14-17)7-8-18(19)22-13-15-5-3-2-4-6-15/h2-8,11,17,20H,9-10,12-14H2,1H3. The fourth-order valence-corrected chi connectivity index (χ4v) is 3.82. The van der Waals surface area contributed by atoms with Crippen molar-refractivity contribution in [2.24, 2.45) is 0 Å². The topological polar surface area (TPSA) is 30.5 Å². The number of rotatable bonds is 7. The van der Waals surface area contributed by atoms with Crippen molar-refractivity contribution >= 4 is 11.8 Å². The summed E-state index contributed by atoms with van der Waals surface area (Å²) < 4.78 is 11.4. The molecule has 1 saturated heterocycles. The van der Waals surface area contributed by atoms with Crippen LogP contribution < -0.4 is 14.8 Å². The van der Waals surface area contributed by atoms with Crippen LogP contribution in [0.15, 0.2) is 48.5 Å². The molecule has 23 heavy (non-hydrogen) atoms. The van der Waals surface area contributed by atoms with Crippen LogP contribution in [-0.2, 0) is 13.2 Å². The van der Waals surface area contributed by atoms with Gasteiger partial charge in [0.05, 0.1) is 7.11 Å². The van der Waals surface area contributed by atoms with Crippen LogP contribution >= 0.6 is 11.8 Å². The fourth-order valence-electron chi connectivity index (χ4n) is 2.63. The average Bonchev–Trinajstić information content (AvgIpc) is 3.13. The van der Waals surface area contributed by atoms with Crippen LogP contribution in [0, 0.1) is 0 Å². The van der Waals surface area contributed by atoms with Gasteiger partial charge in [-0.25, -0.2) is 0 Å². The molecule has 1 fully saturated rings. The van der Waals surface area contributed by atoms with Gasteiger partial charge < -0.3 is 14.8 Å². The molecule has 2 aromatic rings. The first-order valence-electron chi connectivity index (χ1n) is 8.00. The molecule has 0 amide bonds. The quantitative estimate of drug-likeness (QED) is 0.835. The van der Waals surface area contributed by atoms with E-state index in [9.17, 15) is 0 Å². The summed E-state index contributed by atoms with van der Waals surface area (Å²) in [6.45, 7) is 1.43. The van der Waals surface area contributed by atoms with Gasteiger partial charge in [0.1, 0.15) is 6.61 Å². The molecule has 1 N–H and O–H groups in total. The molecular formula is C19H23NO2S. The Morgan fingerprint density at radius 2 is 1.96 bits per heavy atom. The van der Waals surface area contributed by atoms with Crippen LogP contribution in [0.1, 0.15) is 17.5 Å². The maximum atomic E-state index is 5.90. The number of methoxy groups -OCH3 is 1. The van der Waals surface area contributed by atoms with E-state index in [4.69, 9.17) is 9.47 Å². The van der Waals surface area contributed by atoms with Crippen LogP contribution in [0.4, 0.5) is 0 Å². The lowest BCUT2D eigenvalue weighted by Gasteiger charge is -2.14. The SMILES string of the molecule is COc1cc(CNC2CCSC2)ccc1OCc1ccccc1. The van der Waals surface area contributed by atoms with Crippen molar-refractivity contribution in [3.63, 3.8) is 0 Å². The lowest BCUT2D eigenvalue weighted by atomic mass is 10.1. The second-order valence-corrected chi connectivity index (χ2v) is 6.85. The molecule has 3 rings (SSSR count). The van der Waals surface area contributed by atoms with Crippen LogP contribution in [0.5, 0.6) is 11.5 Å². The number of thioether (sulfide) groups is 1. The summed E-state index contributed by atoms with van der Waals surface area (Å²) >= 11 is 2.02. The van der Waals surface area contributed by atoms with Crippen molar-refractivity contribution in [3.05, 3.63) is 59.7 Å². The molecule has 0 saturated carbocycles. The minimum Gasteiger partial charge on any atom is -0.493 e. The van der Waals surface area contributed by atoms with Gasteiger partial charge in [-0.15, -0.1) is 0 Å². The van der Waals surface area contributed by atoms with Gasteiger partial charge in [0.25, 0.3) is 0 Å². The fraction of sp³-hybridized carbons (Fsp3) is 0.368. The van der Waals surface area contributed by atoms with Crippen LogP contribution in [-0.4, -0.2) is 24.7 Å². The maximum Gasteiger partial charge on any atom is 0.161 e. The van der Waals surface area contributed by atoms with Gasteiger partial charge in [0.15, 0.2) is 11.5 Å². The molecule has 1 atom stereocenters. The third kappa shape index (κ3) is 4.66. The van der Waals surface area contributed by atoms with E-state index in [0.29, 0.717) is 12.6 Å². The van der Waals surface area contributed by atoms with Gasteiger partial charge in [-0.05, 0) is 35.4 Å². The number of benzene rings is 2. The van der Waals surface area contributed by atoms with Crippen molar-refractivity contribution in [2.75, 3.05) is 18.6 Å². The predicted octanol–water partition coefficient (Wildman–Crippen LogP) is 3.87. The molecular weight excluding hydrogens is 306 g/mol. The van der Waals surface area contributed by atoms with E-state index >= 15 is 0 Å². The Labute approximate surface area is 142 Å². The maximum absolute atomic E-state index is 5.90. The van der Waals surface area contributed by atoms with Gasteiger partial charge in [-0.3, -0.25) is 0 Å². The normalized spacial score (nSPS) is 17.2. The molecule has 3 nitrogen and oxygen atoms in total. The van der Waals surface area contributed by atoms with Gasteiger partial charge in [0, 0.05) is 18.3 Å². The zero-order valence-electron chi connectivity index (χ0n) is 13.5. The number of hydrogen-bond donors (Lipinski definition) is 1. The van der Waals surface area contributed by atoms with Crippen LogP contribution in [0.3, 0.4) is 0 Å². The van der Waals surface area contributed by atoms with E-state index in [1.54, 1.807) is 7.11 Å². The van der Waals surface area contributed by atoms with Gasteiger partial charge >= 0.3 is 0 Å². The molecule has 122 valence electrons. The Morgan fingerprint density at radius 3 is 2.70 bits per heavy atom. The molecule has 1 aliphatic rings. The van der Waals surface area contributed by atoms with Crippen LogP contribution in [0.25, 0.3) is 0 Å². The highest BCUT2D eigenvalue weighted by atomic mass is 32.2. The monoisotopic (exact) mass is 329 g/mol. The summed E-state index contributed by atoms with van der Waals surface area (Å²) in [5.74, 6) is 4.07. The van der Waals surface area contributed by atoms with Crippen molar-refractivity contribution in [3.8, 4) is 11.5 Å². The van der Waals surface area contributed by atoms with Crippen molar-refractivity contribution in [1.82, 2.24) is 5.32 Å². The molecule has 0 aromatic heterocycles. The van der Waals surface area contributed by atoms with E-state index in [-0.39, 0.29) is 0 Å². The zero-order valence-corrected chi connectivity index (χ0v) is 14.3. The van der Waals surface area contributed by atoms with Crippen LogP contribution in [0.2, 0.25) is 0 Å². The molecule has 4 heteroatoms. The van der Waals surface area contributed by atoms with Gasteiger partial charge in [-0.2, -0.15) is 11.8 Å². The Balaban J connectivity index is 1.59. The third-order valence-corrected chi connectivity index (χ3v) is 5.15. The van der Waals surface area contributed by atoms with Crippen molar-refractivity contribution in [1.29, 1.82) is 0 Å². The number of nitrogens with one attached hydrogen (secondary N) is 1. The summed E-state index contributed by atoms with van der Waals surface area (Å²) in [6.07, 6.45) is 1.26. The Kier molecular flexibility index (Phi) is 5.83. The summed E-state index contributed by atoms with van der Waals surface area (Å²) in [7, 11) is 1.69. The second-order valence-electron chi connectivity index (χ2n) is 5.70. The van der Waals surface area contributed by atoms with Crippen molar-refractivity contribution in [2.45, 2.75) is 25.6 Å². The number of ether oxygens (including phenoxy) is 2. The van der Waals surface area contributed by atoms with E-state index in [1.807, 2.05) is 36.0 Å². The molecule has 0 radical (unpaired) electrons. The largest absolute Gasteiger partial charge is 0.493 e. The lowest BCUT2D eigenvalue weighted by Crippen LogP contribution is -2.27. The number of hydrogen-bond acceptors (Lipinski definition) is 4. The first kappa shape index (κ1) is 16.2. The predicted molar refractivity (Wildman–Crippen MR) is 96.3 cm³/mol. The summed E-state index contributed by atoms with van der Waals surface area (Å²) in [5, 5.41) is 3.61. The van der Waals surface area contributed by atoms with E-state index < -0.39 is 0 Å². The molecule has 1 heterocycles. The average molecular weight is 329 g/mol. The summed E-state index contributed by atoms with van der Waals surface area (Å²) in [5.41, 5.74) is 2.38. The first-order valence-corrected chi connectivity index (χ1v) is 9.15. The zero-order chi connectivity index (χ0) is 15.9. The van der Waals surface area contributed by atoms with Gasteiger partial charge in [0.2, 0.25) is 0 Å². The molecule has 1 aliphatic heterocycles. The highest BCUT2D eigenvalue weighted by molar-refractivity contribution is 7.99. The van der Waals surface area contributed by atoms with E-state index in [0.717, 1.165) is 23.6 Å². The summed E-state index contributed by atoms with van der Waals surface area (Å²) in [4.78, 5) is 0. The third-order valence-electron chi connectivity index (χ3n) is 3.99. The molecule has 1 unspecified atom stereocenters. The molecule has 2 aromatic carbocycles. The molecule has 0 spiro atoms. The minimum atomic E-state index is 0.550. The lowest BCUT2D eigenvalue weighted by molar-refractivity contribution is 0.284. The smallest absolute Gasteiger partial charge is 0.161 e. The van der Waals surface area contributed by atoms with Crippen molar-refractivity contribution < 1.29 is 9.47 Å². The Bertz CT molecular complexity index is 612. The van der Waals surface area contributed by atoms with E-state index in [2.05, 4.69) is 29.6 Å². The summed E-state index contributed by atoms with van der Waals surface area (Å²) in [6, 6.07) is 17.0. The van der Waals surface area contributed by atoms with Gasteiger partial charge in [-0.1, -0.05) is 36.4 Å². The highest BCUT2D eigenvalue weighted by Gasteiger charge is 2.14. The van der Waals surface area contributed by atoms with E-state index in [1.165, 1.54) is 23.5 Å². The first-order chi connectivity index (χ1) is 11.3.